The van der Waals surface area contributed by atoms with Crippen LogP contribution >= 0.6 is 0 Å². The minimum atomic E-state index is -0.394. The highest BCUT2D eigenvalue weighted by Crippen LogP contribution is 2.26. The topological polar surface area (TPSA) is 73.0 Å². The van der Waals surface area contributed by atoms with Crippen molar-refractivity contribution in [1.82, 2.24) is 9.78 Å². The SMILES string of the molecule is O=[N+]([O-])c1cccc(C2=CCNc3ccnn32)c1. The molecule has 0 bridgehead atoms. The summed E-state index contributed by atoms with van der Waals surface area (Å²) in [5, 5.41) is 18.2. The fourth-order valence-electron chi connectivity index (χ4n) is 1.99. The smallest absolute Gasteiger partial charge is 0.270 e. The van der Waals surface area contributed by atoms with E-state index in [-0.39, 0.29) is 5.69 Å². The van der Waals surface area contributed by atoms with Crippen LogP contribution in [0.4, 0.5) is 11.5 Å². The fourth-order valence-corrected chi connectivity index (χ4v) is 1.99. The number of nitrogens with one attached hydrogen (secondary N) is 1. The van der Waals surface area contributed by atoms with Crippen LogP contribution in [0, 0.1) is 10.1 Å². The molecule has 18 heavy (non-hydrogen) atoms. The Bertz CT molecular complexity index is 645. The minimum absolute atomic E-state index is 0.0839. The summed E-state index contributed by atoms with van der Waals surface area (Å²) in [6.45, 7) is 0.684. The molecule has 0 unspecified atom stereocenters. The van der Waals surface area contributed by atoms with Gasteiger partial charge in [-0.15, -0.1) is 0 Å². The van der Waals surface area contributed by atoms with Crippen molar-refractivity contribution in [2.45, 2.75) is 0 Å². The van der Waals surface area contributed by atoms with Gasteiger partial charge in [-0.05, 0) is 6.08 Å². The number of hydrogen-bond acceptors (Lipinski definition) is 4. The summed E-state index contributed by atoms with van der Waals surface area (Å²) in [4.78, 5) is 10.4. The molecule has 3 rings (SSSR count). The van der Waals surface area contributed by atoms with Crippen LogP contribution in [0.3, 0.4) is 0 Å². The summed E-state index contributed by atoms with van der Waals surface area (Å²) in [6, 6.07) is 8.43. The molecule has 6 heteroatoms. The lowest BCUT2D eigenvalue weighted by Gasteiger charge is -2.17. The molecule has 6 nitrogen and oxygen atoms in total. The van der Waals surface area contributed by atoms with Gasteiger partial charge in [0.2, 0.25) is 0 Å². The first-order valence-corrected chi connectivity index (χ1v) is 5.49. The molecular weight excluding hydrogens is 232 g/mol. The zero-order chi connectivity index (χ0) is 12.5. The maximum Gasteiger partial charge on any atom is 0.270 e. The molecule has 1 aromatic carbocycles. The highest BCUT2D eigenvalue weighted by molar-refractivity contribution is 5.72. The van der Waals surface area contributed by atoms with Gasteiger partial charge in [-0.25, -0.2) is 4.68 Å². The van der Waals surface area contributed by atoms with E-state index in [9.17, 15) is 10.1 Å². The van der Waals surface area contributed by atoms with Crippen LogP contribution in [0.2, 0.25) is 0 Å². The standard InChI is InChI=1S/C12H10N4O2/c17-16(18)10-3-1-2-9(8-10)11-4-6-13-12-5-7-14-15(11)12/h1-5,7-8,13H,6H2. The third-order valence-corrected chi connectivity index (χ3v) is 2.80. The van der Waals surface area contributed by atoms with Crippen LogP contribution in [-0.4, -0.2) is 21.2 Å². The number of fused-ring (bicyclic) bond motifs is 1. The van der Waals surface area contributed by atoms with Crippen molar-refractivity contribution in [1.29, 1.82) is 0 Å². The van der Waals surface area contributed by atoms with Crippen molar-refractivity contribution in [3.05, 3.63) is 58.3 Å². The van der Waals surface area contributed by atoms with Gasteiger partial charge in [0.1, 0.15) is 5.82 Å². The molecule has 0 aliphatic carbocycles. The first kappa shape index (κ1) is 10.5. The lowest BCUT2D eigenvalue weighted by molar-refractivity contribution is -0.384. The Morgan fingerprint density at radius 2 is 2.28 bits per heavy atom. The molecule has 0 spiro atoms. The van der Waals surface area contributed by atoms with Crippen molar-refractivity contribution < 1.29 is 4.92 Å². The Morgan fingerprint density at radius 1 is 1.39 bits per heavy atom. The maximum absolute atomic E-state index is 10.8. The van der Waals surface area contributed by atoms with Crippen LogP contribution in [0.5, 0.6) is 0 Å². The normalized spacial score (nSPS) is 13.4. The van der Waals surface area contributed by atoms with E-state index in [4.69, 9.17) is 0 Å². The average molecular weight is 242 g/mol. The van der Waals surface area contributed by atoms with Crippen molar-refractivity contribution >= 4 is 17.2 Å². The number of anilines is 1. The van der Waals surface area contributed by atoms with Gasteiger partial charge in [0.15, 0.2) is 0 Å². The summed E-state index contributed by atoms with van der Waals surface area (Å²) in [5.74, 6) is 0.888. The van der Waals surface area contributed by atoms with Crippen molar-refractivity contribution in [3.8, 4) is 0 Å². The second-order valence-corrected chi connectivity index (χ2v) is 3.91. The number of nitro groups is 1. The molecule has 90 valence electrons. The first-order valence-electron chi connectivity index (χ1n) is 5.49. The molecule has 1 aliphatic heterocycles. The molecular formula is C12H10N4O2. The zero-order valence-electron chi connectivity index (χ0n) is 9.41. The summed E-state index contributed by atoms with van der Waals surface area (Å²) >= 11 is 0. The lowest BCUT2D eigenvalue weighted by atomic mass is 10.1. The Hall–Kier alpha value is -2.63. The Morgan fingerprint density at radius 3 is 3.11 bits per heavy atom. The summed E-state index contributed by atoms with van der Waals surface area (Å²) in [7, 11) is 0. The Balaban J connectivity index is 2.08. The van der Waals surface area contributed by atoms with Gasteiger partial charge in [0.05, 0.1) is 16.8 Å². The van der Waals surface area contributed by atoms with Crippen LogP contribution in [0.1, 0.15) is 5.56 Å². The predicted molar refractivity (Wildman–Crippen MR) is 67.2 cm³/mol. The number of nitro benzene ring substituents is 1. The minimum Gasteiger partial charge on any atom is -0.366 e. The molecule has 0 fully saturated rings. The predicted octanol–water partition coefficient (Wildman–Crippen LogP) is 2.11. The number of rotatable bonds is 2. The summed E-state index contributed by atoms with van der Waals surface area (Å²) in [5.41, 5.74) is 1.73. The van der Waals surface area contributed by atoms with Gasteiger partial charge < -0.3 is 5.32 Å². The van der Waals surface area contributed by atoms with E-state index >= 15 is 0 Å². The maximum atomic E-state index is 10.8. The number of nitrogens with zero attached hydrogens (tertiary/aromatic N) is 3. The molecule has 1 aliphatic rings. The highest BCUT2D eigenvalue weighted by Gasteiger charge is 2.15. The number of non-ortho nitro benzene ring substituents is 1. The van der Waals surface area contributed by atoms with Crippen molar-refractivity contribution in [3.63, 3.8) is 0 Å². The molecule has 0 atom stereocenters. The summed E-state index contributed by atoms with van der Waals surface area (Å²) in [6.07, 6.45) is 3.65. The van der Waals surface area contributed by atoms with Crippen molar-refractivity contribution in [2.24, 2.45) is 0 Å². The van der Waals surface area contributed by atoms with Gasteiger partial charge in [-0.2, -0.15) is 5.10 Å². The molecule has 2 heterocycles. The average Bonchev–Trinajstić information content (AvgIpc) is 2.87. The van der Waals surface area contributed by atoms with E-state index in [0.29, 0.717) is 6.54 Å². The second kappa shape index (κ2) is 3.99. The van der Waals surface area contributed by atoms with Crippen LogP contribution in [0.15, 0.2) is 42.6 Å². The van der Waals surface area contributed by atoms with E-state index in [2.05, 4.69) is 10.4 Å². The number of aromatic nitrogens is 2. The molecule has 0 saturated carbocycles. The van der Waals surface area contributed by atoms with E-state index in [1.54, 1.807) is 23.0 Å². The quantitative estimate of drug-likeness (QED) is 0.646. The molecule has 1 aromatic heterocycles. The lowest BCUT2D eigenvalue weighted by Crippen LogP contribution is -2.14. The Kier molecular flexibility index (Phi) is 2.33. The summed E-state index contributed by atoms with van der Waals surface area (Å²) < 4.78 is 1.74. The fraction of sp³-hybridized carbons (Fsp3) is 0.0833. The van der Waals surface area contributed by atoms with Gasteiger partial charge >= 0.3 is 0 Å². The van der Waals surface area contributed by atoms with E-state index < -0.39 is 4.92 Å². The van der Waals surface area contributed by atoms with Gasteiger partial charge in [0.25, 0.3) is 5.69 Å². The van der Waals surface area contributed by atoms with E-state index in [1.807, 2.05) is 18.2 Å². The molecule has 1 N–H and O–H groups in total. The molecule has 0 saturated heterocycles. The Labute approximate surface area is 103 Å². The zero-order valence-corrected chi connectivity index (χ0v) is 9.41. The van der Waals surface area contributed by atoms with Gasteiger partial charge in [0, 0.05) is 30.3 Å². The second-order valence-electron chi connectivity index (χ2n) is 3.91. The monoisotopic (exact) mass is 242 g/mol. The van der Waals surface area contributed by atoms with Crippen LogP contribution in [-0.2, 0) is 0 Å². The third-order valence-electron chi connectivity index (χ3n) is 2.80. The van der Waals surface area contributed by atoms with Gasteiger partial charge in [-0.3, -0.25) is 10.1 Å². The van der Waals surface area contributed by atoms with E-state index in [1.165, 1.54) is 6.07 Å². The highest BCUT2D eigenvalue weighted by atomic mass is 16.6. The van der Waals surface area contributed by atoms with Gasteiger partial charge in [-0.1, -0.05) is 12.1 Å². The number of benzene rings is 1. The molecule has 0 amide bonds. The van der Waals surface area contributed by atoms with E-state index in [0.717, 1.165) is 17.1 Å². The first-order chi connectivity index (χ1) is 8.75. The van der Waals surface area contributed by atoms with Crippen molar-refractivity contribution in [2.75, 3.05) is 11.9 Å². The molecule has 2 aromatic rings. The third kappa shape index (κ3) is 1.64. The molecule has 0 radical (unpaired) electrons. The largest absolute Gasteiger partial charge is 0.366 e. The van der Waals surface area contributed by atoms with Crippen LogP contribution in [0.25, 0.3) is 5.70 Å². The number of hydrogen-bond donors (Lipinski definition) is 1. The van der Waals surface area contributed by atoms with Crippen LogP contribution < -0.4 is 5.32 Å².